The van der Waals surface area contributed by atoms with Crippen molar-refractivity contribution in [3.63, 3.8) is 0 Å². The number of nitrogens with zero attached hydrogens (tertiary/aromatic N) is 4. The highest BCUT2D eigenvalue weighted by atomic mass is 32.1. The molecule has 0 amide bonds. The normalized spacial score (nSPS) is 23.2. The van der Waals surface area contributed by atoms with E-state index in [2.05, 4.69) is 73.3 Å². The molecule has 0 aromatic carbocycles. The first-order chi connectivity index (χ1) is 12.5. The summed E-state index contributed by atoms with van der Waals surface area (Å²) in [4.78, 5) is 8.40. The van der Waals surface area contributed by atoms with Gasteiger partial charge in [-0.3, -0.25) is 4.90 Å². The Kier molecular flexibility index (Phi) is 5.85. The molecule has 2 aliphatic rings. The van der Waals surface area contributed by atoms with Gasteiger partial charge in [0, 0.05) is 36.8 Å². The number of rotatable bonds is 1. The third-order valence-electron chi connectivity index (χ3n) is 4.99. The second-order valence-electron chi connectivity index (χ2n) is 7.23. The smallest absolute Gasteiger partial charge is 0.339 e. The van der Waals surface area contributed by atoms with Gasteiger partial charge in [-0.25, -0.2) is 4.90 Å². The van der Waals surface area contributed by atoms with Crippen molar-refractivity contribution in [1.82, 2.24) is 14.5 Å². The fraction of sp³-hybridized carbons (Fsp3) is 0.476. The summed E-state index contributed by atoms with van der Waals surface area (Å²) in [5.74, 6) is 4.66. The Morgan fingerprint density at radius 2 is 2.00 bits per heavy atom. The monoisotopic (exact) mass is 369 g/mol. The molecule has 0 spiro atoms. The topological polar surface area (TPSA) is 23.8 Å². The van der Waals surface area contributed by atoms with E-state index >= 15 is 0 Å². The molecule has 2 aliphatic heterocycles. The van der Waals surface area contributed by atoms with Crippen molar-refractivity contribution in [3.05, 3.63) is 47.0 Å². The van der Waals surface area contributed by atoms with Crippen LogP contribution in [-0.4, -0.2) is 61.8 Å². The summed E-state index contributed by atoms with van der Waals surface area (Å²) in [6.07, 6.45) is 7.04. The highest BCUT2D eigenvalue weighted by Gasteiger charge is 2.32. The maximum Gasteiger partial charge on any atom is 0.391 e. The summed E-state index contributed by atoms with van der Waals surface area (Å²) < 4.78 is 4.80. The van der Waals surface area contributed by atoms with Gasteiger partial charge in [-0.1, -0.05) is 19.6 Å². The largest absolute Gasteiger partial charge is 0.391 e. The summed E-state index contributed by atoms with van der Waals surface area (Å²) >= 11 is 1.83. The molecule has 0 saturated carbocycles. The number of anilines is 1. The molecule has 1 saturated heterocycles. The number of thiophene rings is 1. The van der Waals surface area contributed by atoms with Crippen molar-refractivity contribution in [2.75, 3.05) is 45.2 Å². The van der Waals surface area contributed by atoms with Crippen LogP contribution in [-0.2, 0) is 0 Å². The predicted molar refractivity (Wildman–Crippen MR) is 114 cm³/mol. The van der Waals surface area contributed by atoms with Gasteiger partial charge in [0.1, 0.15) is 10.6 Å². The van der Waals surface area contributed by atoms with Crippen LogP contribution < -0.4 is 9.57 Å². The summed E-state index contributed by atoms with van der Waals surface area (Å²) in [7, 11) is 4.34. The molecule has 1 aromatic rings. The standard InChI is InChI=1S/C21H29N4S/c1-6-7-18-14-16(2)8-9-22-20(25-12-10-23(4)11-13-25)19-15-17(3)26-21(19)24(18)5/h6-8,15-16H,1,10-14H2,2-5H3/q+1/b18-7+/t16-/m0/s1. The molecule has 0 aliphatic carbocycles. The van der Waals surface area contributed by atoms with Gasteiger partial charge in [-0.2, -0.15) is 4.67 Å². The lowest BCUT2D eigenvalue weighted by molar-refractivity contribution is 0.215. The molecule has 5 heteroatoms. The zero-order valence-corrected chi connectivity index (χ0v) is 17.1. The van der Waals surface area contributed by atoms with Crippen LogP contribution in [0.1, 0.15) is 23.8 Å². The van der Waals surface area contributed by atoms with Crippen molar-refractivity contribution in [3.8, 4) is 0 Å². The molecule has 26 heavy (non-hydrogen) atoms. The third-order valence-corrected chi connectivity index (χ3v) is 6.11. The van der Waals surface area contributed by atoms with Crippen LogP contribution in [0.25, 0.3) is 0 Å². The number of likely N-dealkylation sites (N-methyl/N-ethyl adjacent to an activating group) is 1. The van der Waals surface area contributed by atoms with E-state index < -0.39 is 0 Å². The average Bonchev–Trinajstić information content (AvgIpc) is 2.99. The van der Waals surface area contributed by atoms with Gasteiger partial charge in [0.05, 0.1) is 13.1 Å². The Morgan fingerprint density at radius 3 is 2.69 bits per heavy atom. The van der Waals surface area contributed by atoms with Gasteiger partial charge >= 0.3 is 5.84 Å². The predicted octanol–water partition coefficient (Wildman–Crippen LogP) is 2.89. The molecule has 0 bridgehead atoms. The minimum absolute atomic E-state index is 0.378. The summed E-state index contributed by atoms with van der Waals surface area (Å²) in [6, 6.07) is 2.27. The molecule has 0 N–H and O–H groups in total. The van der Waals surface area contributed by atoms with E-state index in [4.69, 9.17) is 4.67 Å². The van der Waals surface area contributed by atoms with E-state index in [0.29, 0.717) is 5.92 Å². The molecule has 0 unspecified atom stereocenters. The van der Waals surface area contributed by atoms with Crippen LogP contribution in [0.3, 0.4) is 0 Å². The summed E-state index contributed by atoms with van der Waals surface area (Å²) in [6.45, 7) is 12.4. The molecular weight excluding hydrogens is 340 g/mol. The van der Waals surface area contributed by atoms with Crippen LogP contribution in [0.15, 0.2) is 36.6 Å². The fourth-order valence-corrected chi connectivity index (χ4v) is 4.42. The van der Waals surface area contributed by atoms with E-state index in [1.165, 1.54) is 21.1 Å². The Bertz CT molecular complexity index is 798. The lowest BCUT2D eigenvalue weighted by Gasteiger charge is -2.28. The summed E-state index contributed by atoms with van der Waals surface area (Å²) in [5, 5.41) is 1.25. The number of piperazine rings is 1. The van der Waals surface area contributed by atoms with Crippen molar-refractivity contribution in [2.24, 2.45) is 5.92 Å². The summed E-state index contributed by atoms with van der Waals surface area (Å²) in [5.41, 5.74) is 2.48. The van der Waals surface area contributed by atoms with Crippen molar-refractivity contribution < 1.29 is 0 Å². The van der Waals surface area contributed by atoms with Crippen molar-refractivity contribution in [1.29, 1.82) is 0 Å². The Hall–Kier alpha value is -2.03. The van der Waals surface area contributed by atoms with Crippen LogP contribution in [0, 0.1) is 12.8 Å². The molecular formula is C21H29N4S+. The fourth-order valence-electron chi connectivity index (χ4n) is 3.43. The average molecular weight is 370 g/mol. The lowest BCUT2D eigenvalue weighted by Crippen LogP contribution is -2.48. The van der Waals surface area contributed by atoms with E-state index in [1.807, 2.05) is 17.4 Å². The molecule has 1 atom stereocenters. The van der Waals surface area contributed by atoms with Gasteiger partial charge in [-0.15, -0.1) is 11.3 Å². The van der Waals surface area contributed by atoms with E-state index in [9.17, 15) is 0 Å². The highest BCUT2D eigenvalue weighted by Crippen LogP contribution is 2.35. The highest BCUT2D eigenvalue weighted by molar-refractivity contribution is 7.16. The Labute approximate surface area is 161 Å². The third kappa shape index (κ3) is 4.03. The van der Waals surface area contributed by atoms with E-state index in [1.54, 1.807) is 0 Å². The van der Waals surface area contributed by atoms with Gasteiger partial charge in [-0.05, 0) is 38.5 Å². The maximum absolute atomic E-state index is 4.80. The zero-order chi connectivity index (χ0) is 18.7. The Morgan fingerprint density at radius 1 is 1.27 bits per heavy atom. The zero-order valence-electron chi connectivity index (χ0n) is 16.3. The maximum atomic E-state index is 4.80. The number of hydrogen-bond acceptors (Lipinski definition) is 4. The van der Waals surface area contributed by atoms with Crippen LogP contribution in [0.4, 0.5) is 5.00 Å². The number of hydrogen-bond donors (Lipinski definition) is 0. The van der Waals surface area contributed by atoms with Gasteiger partial charge in [0.25, 0.3) is 0 Å². The number of amidine groups is 1. The molecule has 138 valence electrons. The van der Waals surface area contributed by atoms with Crippen LogP contribution in [0.5, 0.6) is 0 Å². The first kappa shape index (κ1) is 18.8. The molecule has 1 aromatic heterocycles. The Balaban J connectivity index is 2.13. The minimum atomic E-state index is 0.378. The first-order valence-electron chi connectivity index (χ1n) is 9.25. The van der Waals surface area contributed by atoms with Crippen molar-refractivity contribution in [2.45, 2.75) is 20.3 Å². The van der Waals surface area contributed by atoms with Crippen LogP contribution in [0.2, 0.25) is 0 Å². The molecule has 0 radical (unpaired) electrons. The molecule has 3 rings (SSSR count). The van der Waals surface area contributed by atoms with Crippen molar-refractivity contribution >= 4 is 28.0 Å². The number of fused-ring (bicyclic) bond motifs is 1. The lowest BCUT2D eigenvalue weighted by atomic mass is 10.0. The molecule has 3 heterocycles. The SMILES string of the molecule is C=C/C=C1\C[C@@H](C)C=C=[N+]=C(N2CCN(C)CC2)c2cc(C)sc2N1C. The van der Waals surface area contributed by atoms with Gasteiger partial charge in [0.2, 0.25) is 0 Å². The van der Waals surface area contributed by atoms with Crippen LogP contribution >= 0.6 is 11.3 Å². The molecule has 4 nitrogen and oxygen atoms in total. The van der Waals surface area contributed by atoms with Gasteiger partial charge < -0.3 is 4.90 Å². The molecule has 1 fully saturated rings. The minimum Gasteiger partial charge on any atom is -0.339 e. The van der Waals surface area contributed by atoms with Gasteiger partial charge in [0.15, 0.2) is 5.87 Å². The van der Waals surface area contributed by atoms with E-state index in [0.717, 1.165) is 38.4 Å². The number of aryl methyl sites for hydroxylation is 1. The number of allylic oxidation sites excluding steroid dienone is 4. The van der Waals surface area contributed by atoms with E-state index in [-0.39, 0.29) is 0 Å². The first-order valence-corrected chi connectivity index (χ1v) is 10.1. The second kappa shape index (κ2) is 8.11. The second-order valence-corrected chi connectivity index (χ2v) is 8.47. The quantitative estimate of drug-likeness (QED) is 0.711.